The van der Waals surface area contributed by atoms with Crippen molar-refractivity contribution in [2.24, 2.45) is 11.8 Å². The van der Waals surface area contributed by atoms with Crippen LogP contribution in [0.2, 0.25) is 0 Å². The smallest absolute Gasteiger partial charge is 0.305 e. The summed E-state index contributed by atoms with van der Waals surface area (Å²) in [5.41, 5.74) is 0. The lowest BCUT2D eigenvalue weighted by Gasteiger charge is -2.32. The quantitative estimate of drug-likeness (QED) is 0.0361. The Morgan fingerprint density at radius 3 is 1.18 bits per heavy atom. The molecule has 2 atom stereocenters. The minimum atomic E-state index is -0.0105. The number of carbonyl (C=O) groups is 3. The van der Waals surface area contributed by atoms with E-state index in [1.54, 1.807) is 0 Å². The minimum absolute atomic E-state index is 0.00648. The summed E-state index contributed by atoms with van der Waals surface area (Å²) in [6.07, 6.45) is 62.1. The van der Waals surface area contributed by atoms with E-state index in [0.29, 0.717) is 57.0 Å². The van der Waals surface area contributed by atoms with E-state index in [9.17, 15) is 14.4 Å². The lowest BCUT2D eigenvalue weighted by atomic mass is 9.96. The van der Waals surface area contributed by atoms with Crippen LogP contribution in [-0.2, 0) is 35.1 Å². The molecular formula is C68H129N3O6. The van der Waals surface area contributed by atoms with Crippen LogP contribution >= 0.6 is 0 Å². The van der Waals surface area contributed by atoms with Crippen LogP contribution in [0.4, 0.5) is 0 Å². The minimum Gasteiger partial charge on any atom is -0.466 e. The van der Waals surface area contributed by atoms with Gasteiger partial charge in [0.1, 0.15) is 0 Å². The Morgan fingerprint density at radius 1 is 0.390 bits per heavy atom. The van der Waals surface area contributed by atoms with Gasteiger partial charge in [0.25, 0.3) is 0 Å². The molecule has 1 aromatic rings. The molecule has 0 N–H and O–H groups in total. The molecule has 0 fully saturated rings. The van der Waals surface area contributed by atoms with Crippen molar-refractivity contribution >= 4 is 17.9 Å². The predicted octanol–water partition coefficient (Wildman–Crippen LogP) is 20.2. The number of nitrogens with zero attached hydrogens (tertiary/aromatic N) is 3. The highest BCUT2D eigenvalue weighted by atomic mass is 16.5. The van der Waals surface area contributed by atoms with Crippen molar-refractivity contribution in [2.45, 2.75) is 355 Å². The lowest BCUT2D eigenvalue weighted by Crippen LogP contribution is -2.37. The lowest BCUT2D eigenvalue weighted by molar-refractivity contribution is -0.146. The SMILES string of the molecule is CCCCCCCCCCOC(=O)CCCCCCCCN(CCCn1ccnc1)C(CCCCCCCCC(=O)OCC(CCCC)CCCCCC)CCCCCCCCC(=O)OCC(CCCC)CCCCCC. The van der Waals surface area contributed by atoms with Crippen LogP contribution < -0.4 is 0 Å². The topological polar surface area (TPSA) is 100.0 Å². The van der Waals surface area contributed by atoms with E-state index in [-0.39, 0.29) is 17.9 Å². The first-order valence-electron chi connectivity index (χ1n) is 34.0. The molecule has 2 unspecified atom stereocenters. The maximum Gasteiger partial charge on any atom is 0.305 e. The second-order valence-corrected chi connectivity index (χ2v) is 23.8. The Hall–Kier alpha value is -2.42. The number of imidazole rings is 1. The second kappa shape index (κ2) is 56.8. The molecule has 0 aromatic carbocycles. The highest BCUT2D eigenvalue weighted by Crippen LogP contribution is 2.23. The third-order valence-electron chi connectivity index (χ3n) is 16.4. The molecule has 0 radical (unpaired) electrons. The third-order valence-corrected chi connectivity index (χ3v) is 16.4. The maximum atomic E-state index is 12.7. The molecule has 0 aliphatic rings. The molecule has 0 aliphatic carbocycles. The van der Waals surface area contributed by atoms with Gasteiger partial charge in [0.05, 0.1) is 26.1 Å². The Bertz CT molecular complexity index is 1330. The monoisotopic (exact) mass is 1080 g/mol. The van der Waals surface area contributed by atoms with Crippen LogP contribution in [0.5, 0.6) is 0 Å². The van der Waals surface area contributed by atoms with Crippen LogP contribution in [-0.4, -0.2) is 71.3 Å². The van der Waals surface area contributed by atoms with E-state index >= 15 is 0 Å². The highest BCUT2D eigenvalue weighted by Gasteiger charge is 2.19. The molecule has 77 heavy (non-hydrogen) atoms. The summed E-state index contributed by atoms with van der Waals surface area (Å²) in [5, 5.41) is 0. The van der Waals surface area contributed by atoms with E-state index in [0.717, 1.165) is 71.0 Å². The molecule has 0 spiro atoms. The summed E-state index contributed by atoms with van der Waals surface area (Å²) in [7, 11) is 0. The van der Waals surface area contributed by atoms with Crippen LogP contribution in [0.15, 0.2) is 18.7 Å². The highest BCUT2D eigenvalue weighted by molar-refractivity contribution is 5.69. The van der Waals surface area contributed by atoms with Crippen molar-refractivity contribution in [1.82, 2.24) is 14.5 Å². The van der Waals surface area contributed by atoms with Crippen molar-refractivity contribution < 1.29 is 28.6 Å². The van der Waals surface area contributed by atoms with Crippen LogP contribution in [0.1, 0.15) is 343 Å². The zero-order valence-electron chi connectivity index (χ0n) is 51.9. The summed E-state index contributed by atoms with van der Waals surface area (Å²) < 4.78 is 19.4. The summed E-state index contributed by atoms with van der Waals surface area (Å²) in [5.74, 6) is 1.05. The maximum absolute atomic E-state index is 12.7. The summed E-state index contributed by atoms with van der Waals surface area (Å²) >= 11 is 0. The van der Waals surface area contributed by atoms with E-state index in [4.69, 9.17) is 14.2 Å². The molecule has 0 aliphatic heterocycles. The number of unbranched alkanes of at least 4 members (excludes halogenated alkanes) is 30. The zero-order valence-corrected chi connectivity index (χ0v) is 51.9. The van der Waals surface area contributed by atoms with Crippen molar-refractivity contribution in [3.63, 3.8) is 0 Å². The first kappa shape index (κ1) is 72.6. The number of hydrogen-bond acceptors (Lipinski definition) is 8. The Labute approximate surface area is 477 Å². The largest absolute Gasteiger partial charge is 0.466 e. The van der Waals surface area contributed by atoms with E-state index in [1.165, 1.54) is 238 Å². The molecule has 1 aromatic heterocycles. The fourth-order valence-electron chi connectivity index (χ4n) is 11.3. The standard InChI is InChI=1S/C68H129N3O6/c1-6-11-16-19-20-27-34-43-59-75-66(72)51-39-32-25-26-33-42-56-71(57-44-55-70-58-54-69-62-70)65(49-37-28-21-23-30-40-52-67(73)76-60-63(45-14-9-4)47-35-17-12-7-2)50-38-29-22-24-31-41-53-68(74)77-61-64(46-15-10-5)48-36-18-13-8-3/h54,58,62-65H,6-53,55-57,59-61H2,1-5H3. The van der Waals surface area contributed by atoms with Gasteiger partial charge in [0.2, 0.25) is 0 Å². The second-order valence-electron chi connectivity index (χ2n) is 23.8. The number of carbonyl (C=O) groups excluding carboxylic acids is 3. The molecular weight excluding hydrogens is 955 g/mol. The van der Waals surface area contributed by atoms with Gasteiger partial charge in [-0.15, -0.1) is 0 Å². The van der Waals surface area contributed by atoms with E-state index in [2.05, 4.69) is 55.3 Å². The molecule has 0 bridgehead atoms. The average molecular weight is 1080 g/mol. The number of rotatable bonds is 61. The van der Waals surface area contributed by atoms with Crippen molar-refractivity contribution in [1.29, 1.82) is 0 Å². The van der Waals surface area contributed by atoms with Crippen molar-refractivity contribution in [3.05, 3.63) is 18.7 Å². The van der Waals surface area contributed by atoms with Crippen molar-refractivity contribution in [3.8, 4) is 0 Å². The number of aromatic nitrogens is 2. The number of ether oxygens (including phenoxy) is 3. The van der Waals surface area contributed by atoms with Gasteiger partial charge in [-0.2, -0.15) is 0 Å². The summed E-state index contributed by atoms with van der Waals surface area (Å²) in [6, 6.07) is 0.597. The molecule has 9 nitrogen and oxygen atoms in total. The van der Waals surface area contributed by atoms with Crippen LogP contribution in [0.25, 0.3) is 0 Å². The summed E-state index contributed by atoms with van der Waals surface area (Å²) in [4.78, 5) is 44.9. The summed E-state index contributed by atoms with van der Waals surface area (Å²) in [6.45, 7) is 16.4. The van der Waals surface area contributed by atoms with Gasteiger partial charge in [-0.25, -0.2) is 4.98 Å². The molecule has 452 valence electrons. The molecule has 0 amide bonds. The van der Waals surface area contributed by atoms with Gasteiger partial charge in [-0.05, 0) is 95.4 Å². The van der Waals surface area contributed by atoms with E-state index < -0.39 is 0 Å². The van der Waals surface area contributed by atoms with E-state index in [1.807, 2.05) is 12.5 Å². The molecule has 0 saturated heterocycles. The Balaban J connectivity index is 2.65. The molecule has 9 heteroatoms. The van der Waals surface area contributed by atoms with Gasteiger partial charge < -0.3 is 23.7 Å². The fraction of sp³-hybridized carbons (Fsp3) is 0.912. The number of aryl methyl sites for hydroxylation is 1. The average Bonchev–Trinajstić information content (AvgIpc) is 3.96. The van der Waals surface area contributed by atoms with Gasteiger partial charge in [-0.1, -0.05) is 247 Å². The molecule has 0 saturated carbocycles. The molecule has 1 heterocycles. The van der Waals surface area contributed by atoms with Gasteiger partial charge in [-0.3, -0.25) is 14.4 Å². The Morgan fingerprint density at radius 2 is 0.740 bits per heavy atom. The first-order valence-corrected chi connectivity index (χ1v) is 34.0. The van der Waals surface area contributed by atoms with Crippen LogP contribution in [0.3, 0.4) is 0 Å². The number of hydrogen-bond donors (Lipinski definition) is 0. The Kier molecular flexibility index (Phi) is 53.6. The zero-order chi connectivity index (χ0) is 55.8. The predicted molar refractivity (Wildman–Crippen MR) is 327 cm³/mol. The molecule has 1 rings (SSSR count). The number of esters is 3. The van der Waals surface area contributed by atoms with Gasteiger partial charge >= 0.3 is 17.9 Å². The first-order chi connectivity index (χ1) is 37.9. The third kappa shape index (κ3) is 48.0. The van der Waals surface area contributed by atoms with Gasteiger partial charge in [0.15, 0.2) is 0 Å². The fourth-order valence-corrected chi connectivity index (χ4v) is 11.3. The van der Waals surface area contributed by atoms with Gasteiger partial charge in [0, 0.05) is 50.8 Å². The van der Waals surface area contributed by atoms with Crippen LogP contribution in [0, 0.1) is 11.8 Å². The van der Waals surface area contributed by atoms with Crippen molar-refractivity contribution in [2.75, 3.05) is 32.9 Å². The normalized spacial score (nSPS) is 12.8.